The predicted molar refractivity (Wildman–Crippen MR) is 131 cm³/mol. The molecule has 0 aromatic carbocycles. The topological polar surface area (TPSA) is 49.7 Å². The summed E-state index contributed by atoms with van der Waals surface area (Å²) in [6.45, 7) is 14.2. The highest BCUT2D eigenvalue weighted by Crippen LogP contribution is 2.68. The standard InChI is InChI=1S/C29H48O3/c1-18(2)19(3)8-9-20(4)23-10-11-24-22-16-26(31)29(32-7)15-12-21(30)17-28(29,6)25(22)13-14-27(23,24)5/h8-9,16,18-21,23-26,30-31H,10-15,17H2,1-7H3. The molecule has 0 aromatic rings. The molecule has 0 amide bonds. The molecule has 2 N–H and O–H groups in total. The third-order valence-corrected chi connectivity index (χ3v) is 11.0. The lowest BCUT2D eigenvalue weighted by Gasteiger charge is -2.63. The van der Waals surface area contributed by atoms with Crippen molar-refractivity contribution in [2.24, 2.45) is 46.3 Å². The SMILES string of the molecule is COC12CCC(O)CC1(C)C1CCC3(C)C(CCC3C(C)C=CC(C)C(C)C)C1=CC2O. The zero-order valence-corrected chi connectivity index (χ0v) is 21.6. The predicted octanol–water partition coefficient (Wildman–Crippen LogP) is 6.15. The largest absolute Gasteiger partial charge is 0.393 e. The Bertz CT molecular complexity index is 756. The van der Waals surface area contributed by atoms with Crippen molar-refractivity contribution in [3.63, 3.8) is 0 Å². The van der Waals surface area contributed by atoms with Crippen LogP contribution in [0.2, 0.25) is 0 Å². The maximum atomic E-state index is 11.4. The van der Waals surface area contributed by atoms with E-state index in [0.717, 1.165) is 25.7 Å². The van der Waals surface area contributed by atoms with Crippen LogP contribution in [0.3, 0.4) is 0 Å². The molecule has 3 saturated carbocycles. The normalized spacial score (nSPS) is 48.2. The molecule has 3 heteroatoms. The fourth-order valence-corrected chi connectivity index (χ4v) is 8.65. The third-order valence-electron chi connectivity index (χ3n) is 11.0. The second-order valence-electron chi connectivity index (χ2n) is 12.7. The molecule has 4 aliphatic rings. The smallest absolute Gasteiger partial charge is 0.103 e. The molecule has 3 fully saturated rings. The van der Waals surface area contributed by atoms with Crippen molar-refractivity contribution in [3.8, 4) is 0 Å². The minimum absolute atomic E-state index is 0.208. The highest BCUT2D eigenvalue weighted by atomic mass is 16.5. The van der Waals surface area contributed by atoms with Gasteiger partial charge in [0.1, 0.15) is 11.7 Å². The molecule has 0 heterocycles. The van der Waals surface area contributed by atoms with E-state index in [1.807, 2.05) is 0 Å². The first-order chi connectivity index (χ1) is 15.0. The van der Waals surface area contributed by atoms with Crippen molar-refractivity contribution < 1.29 is 14.9 Å². The van der Waals surface area contributed by atoms with Crippen molar-refractivity contribution >= 4 is 0 Å². The van der Waals surface area contributed by atoms with Gasteiger partial charge in [-0.3, -0.25) is 0 Å². The molecule has 0 saturated heterocycles. The molecule has 4 rings (SSSR count). The van der Waals surface area contributed by atoms with Crippen LogP contribution in [0.4, 0.5) is 0 Å². The lowest BCUT2D eigenvalue weighted by Crippen LogP contribution is -2.66. The van der Waals surface area contributed by atoms with Crippen molar-refractivity contribution in [2.75, 3.05) is 7.11 Å². The highest BCUT2D eigenvalue weighted by Gasteiger charge is 2.65. The second kappa shape index (κ2) is 8.54. The Morgan fingerprint density at radius 2 is 1.69 bits per heavy atom. The summed E-state index contributed by atoms with van der Waals surface area (Å²) >= 11 is 0. The molecule has 0 radical (unpaired) electrons. The zero-order chi connectivity index (χ0) is 23.5. The average Bonchev–Trinajstić information content (AvgIpc) is 3.09. The molecule has 0 bridgehead atoms. The van der Waals surface area contributed by atoms with Crippen LogP contribution in [0.1, 0.15) is 86.5 Å². The molecular weight excluding hydrogens is 396 g/mol. The van der Waals surface area contributed by atoms with Crippen LogP contribution in [0.25, 0.3) is 0 Å². The van der Waals surface area contributed by atoms with Gasteiger partial charge in [0.05, 0.1) is 6.10 Å². The van der Waals surface area contributed by atoms with Gasteiger partial charge in [-0.25, -0.2) is 0 Å². The first kappa shape index (κ1) is 24.5. The van der Waals surface area contributed by atoms with Gasteiger partial charge in [-0.15, -0.1) is 0 Å². The Hall–Kier alpha value is -0.640. The maximum absolute atomic E-state index is 11.4. The Morgan fingerprint density at radius 3 is 2.34 bits per heavy atom. The Morgan fingerprint density at radius 1 is 0.969 bits per heavy atom. The lowest BCUT2D eigenvalue weighted by molar-refractivity contribution is -0.223. The number of hydrogen-bond donors (Lipinski definition) is 2. The maximum Gasteiger partial charge on any atom is 0.103 e. The van der Waals surface area contributed by atoms with Gasteiger partial charge in [0.25, 0.3) is 0 Å². The van der Waals surface area contributed by atoms with Crippen LogP contribution in [0.5, 0.6) is 0 Å². The van der Waals surface area contributed by atoms with Crippen molar-refractivity contribution in [3.05, 3.63) is 23.8 Å². The van der Waals surface area contributed by atoms with Crippen LogP contribution in [0.15, 0.2) is 23.8 Å². The summed E-state index contributed by atoms with van der Waals surface area (Å²) in [5.74, 6) is 3.54. The number of aliphatic hydroxyl groups is 2. The molecule has 0 aromatic heterocycles. The van der Waals surface area contributed by atoms with E-state index >= 15 is 0 Å². The van der Waals surface area contributed by atoms with Gasteiger partial charge in [-0.1, -0.05) is 65.3 Å². The number of methoxy groups -OCH3 is 1. The van der Waals surface area contributed by atoms with Crippen LogP contribution in [-0.2, 0) is 4.74 Å². The van der Waals surface area contributed by atoms with Gasteiger partial charge < -0.3 is 14.9 Å². The summed E-state index contributed by atoms with van der Waals surface area (Å²) in [6.07, 6.45) is 13.4. The zero-order valence-electron chi connectivity index (χ0n) is 21.6. The molecule has 0 aliphatic heterocycles. The Kier molecular flexibility index (Phi) is 6.53. The number of allylic oxidation sites excluding steroid dienone is 3. The summed E-state index contributed by atoms with van der Waals surface area (Å²) < 4.78 is 6.15. The number of ether oxygens (including phenoxy) is 1. The van der Waals surface area contributed by atoms with E-state index in [1.165, 1.54) is 24.8 Å². The molecular formula is C29H48O3. The van der Waals surface area contributed by atoms with Gasteiger partial charge in [-0.2, -0.15) is 0 Å². The fraction of sp³-hybridized carbons (Fsp3) is 0.862. The van der Waals surface area contributed by atoms with E-state index in [9.17, 15) is 10.2 Å². The van der Waals surface area contributed by atoms with Gasteiger partial charge in [0, 0.05) is 12.5 Å². The number of rotatable bonds is 5. The van der Waals surface area contributed by atoms with E-state index in [0.29, 0.717) is 40.9 Å². The van der Waals surface area contributed by atoms with Gasteiger partial charge in [0.2, 0.25) is 0 Å². The van der Waals surface area contributed by atoms with E-state index in [2.05, 4.69) is 59.8 Å². The first-order valence-electron chi connectivity index (χ1n) is 13.3. The van der Waals surface area contributed by atoms with Gasteiger partial charge in [0.15, 0.2) is 0 Å². The molecule has 10 unspecified atom stereocenters. The monoisotopic (exact) mass is 444 g/mol. The fourth-order valence-electron chi connectivity index (χ4n) is 8.65. The summed E-state index contributed by atoms with van der Waals surface area (Å²) in [7, 11) is 1.77. The molecule has 4 aliphatic carbocycles. The molecule has 10 atom stereocenters. The quantitative estimate of drug-likeness (QED) is 0.500. The Labute approximate surface area is 196 Å². The summed E-state index contributed by atoms with van der Waals surface area (Å²) in [6, 6.07) is 0. The van der Waals surface area contributed by atoms with E-state index in [-0.39, 0.29) is 11.5 Å². The minimum atomic E-state index is -0.582. The van der Waals surface area contributed by atoms with Gasteiger partial charge >= 0.3 is 0 Å². The van der Waals surface area contributed by atoms with Gasteiger partial charge in [-0.05, 0) is 85.9 Å². The number of fused-ring (bicyclic) bond motifs is 5. The summed E-state index contributed by atoms with van der Waals surface area (Å²) in [5, 5.41) is 22.1. The summed E-state index contributed by atoms with van der Waals surface area (Å²) in [5.41, 5.74) is 1.02. The first-order valence-corrected chi connectivity index (χ1v) is 13.3. The van der Waals surface area contributed by atoms with E-state index in [1.54, 1.807) is 7.11 Å². The van der Waals surface area contributed by atoms with Crippen LogP contribution < -0.4 is 0 Å². The van der Waals surface area contributed by atoms with Crippen LogP contribution >= 0.6 is 0 Å². The van der Waals surface area contributed by atoms with Crippen molar-refractivity contribution in [1.29, 1.82) is 0 Å². The van der Waals surface area contributed by atoms with E-state index < -0.39 is 11.7 Å². The van der Waals surface area contributed by atoms with Crippen LogP contribution in [-0.4, -0.2) is 35.1 Å². The lowest BCUT2D eigenvalue weighted by atomic mass is 9.45. The number of hydrogen-bond acceptors (Lipinski definition) is 3. The van der Waals surface area contributed by atoms with Crippen molar-refractivity contribution in [1.82, 2.24) is 0 Å². The summed E-state index contributed by atoms with van der Waals surface area (Å²) in [4.78, 5) is 0. The Balaban J connectivity index is 1.64. The molecule has 32 heavy (non-hydrogen) atoms. The number of aliphatic hydroxyl groups excluding tert-OH is 2. The van der Waals surface area contributed by atoms with Crippen LogP contribution in [0, 0.1) is 46.3 Å². The molecule has 182 valence electrons. The molecule has 3 nitrogen and oxygen atoms in total. The second-order valence-corrected chi connectivity index (χ2v) is 12.7. The minimum Gasteiger partial charge on any atom is -0.393 e. The highest BCUT2D eigenvalue weighted by molar-refractivity contribution is 5.33. The van der Waals surface area contributed by atoms with E-state index in [4.69, 9.17) is 4.74 Å². The molecule has 0 spiro atoms. The average molecular weight is 445 g/mol. The third kappa shape index (κ3) is 3.48. The van der Waals surface area contributed by atoms with Crippen molar-refractivity contribution in [2.45, 2.75) is 104 Å².